The zero-order valence-corrected chi connectivity index (χ0v) is 16.3. The molecule has 1 saturated heterocycles. The van der Waals surface area contributed by atoms with Gasteiger partial charge in [-0.05, 0) is 37.1 Å². The van der Waals surface area contributed by atoms with Gasteiger partial charge in [0, 0.05) is 49.5 Å². The maximum atomic E-state index is 13.2. The second kappa shape index (κ2) is 7.70. The zero-order valence-electron chi connectivity index (χ0n) is 16.3. The van der Waals surface area contributed by atoms with Crippen LogP contribution in [0.1, 0.15) is 12.8 Å². The molecule has 1 aliphatic carbocycles. The molecule has 1 aliphatic heterocycles. The van der Waals surface area contributed by atoms with Crippen molar-refractivity contribution in [3.8, 4) is 11.3 Å². The number of aromatic nitrogens is 2. The van der Waals surface area contributed by atoms with Gasteiger partial charge in [0.15, 0.2) is 0 Å². The number of hydrogen-bond acceptors (Lipinski definition) is 5. The van der Waals surface area contributed by atoms with Crippen molar-refractivity contribution in [3.05, 3.63) is 66.5 Å². The zero-order chi connectivity index (χ0) is 19.6. The number of hydrogen-bond donors (Lipinski definition) is 1. The molecule has 1 aromatic heterocycles. The fraction of sp³-hybridized carbons (Fsp3) is 0.304. The second-order valence-corrected chi connectivity index (χ2v) is 7.67. The Labute approximate surface area is 170 Å². The molecule has 5 rings (SSSR count). The lowest BCUT2D eigenvalue weighted by Gasteiger charge is -2.37. The van der Waals surface area contributed by atoms with E-state index in [0.717, 1.165) is 48.9 Å². The average molecular weight is 389 g/mol. The smallest absolute Gasteiger partial charge is 0.225 e. The molecule has 2 fully saturated rings. The Hall–Kier alpha value is -3.15. The van der Waals surface area contributed by atoms with Gasteiger partial charge in [-0.2, -0.15) is 4.98 Å². The average Bonchev–Trinajstić information content (AvgIpc) is 3.59. The van der Waals surface area contributed by atoms with Crippen LogP contribution in [-0.4, -0.2) is 42.2 Å². The first-order chi connectivity index (χ1) is 14.2. The molecule has 29 heavy (non-hydrogen) atoms. The lowest BCUT2D eigenvalue weighted by atomic mass is 10.1. The first-order valence-electron chi connectivity index (χ1n) is 10.2. The molecule has 2 aliphatic rings. The van der Waals surface area contributed by atoms with Crippen LogP contribution in [0.15, 0.2) is 60.7 Å². The Bertz CT molecular complexity index is 964. The third-order valence-electron chi connectivity index (χ3n) is 5.49. The van der Waals surface area contributed by atoms with E-state index < -0.39 is 0 Å². The predicted octanol–water partition coefficient (Wildman–Crippen LogP) is 4.18. The minimum atomic E-state index is -0.197. The van der Waals surface area contributed by atoms with Crippen molar-refractivity contribution in [1.29, 1.82) is 0 Å². The Kier molecular flexibility index (Phi) is 4.76. The van der Waals surface area contributed by atoms with Gasteiger partial charge < -0.3 is 15.1 Å². The Balaban J connectivity index is 1.36. The summed E-state index contributed by atoms with van der Waals surface area (Å²) in [7, 11) is 0. The SMILES string of the molecule is Fc1ccc(N2CCN(c3cc(-c4ccccc4)nc(NC4CC4)n3)CC2)cc1. The molecule has 0 spiro atoms. The number of piperazine rings is 1. The van der Waals surface area contributed by atoms with E-state index in [1.807, 2.05) is 30.3 Å². The number of halogens is 1. The summed E-state index contributed by atoms with van der Waals surface area (Å²) >= 11 is 0. The second-order valence-electron chi connectivity index (χ2n) is 7.67. The van der Waals surface area contributed by atoms with Crippen molar-refractivity contribution < 1.29 is 4.39 Å². The van der Waals surface area contributed by atoms with E-state index in [-0.39, 0.29) is 5.82 Å². The highest BCUT2D eigenvalue weighted by atomic mass is 19.1. The van der Waals surface area contributed by atoms with Gasteiger partial charge in [-0.3, -0.25) is 0 Å². The molecular weight excluding hydrogens is 365 g/mol. The first kappa shape index (κ1) is 17.9. The van der Waals surface area contributed by atoms with Gasteiger partial charge in [0.2, 0.25) is 5.95 Å². The molecule has 1 saturated carbocycles. The third kappa shape index (κ3) is 4.16. The molecule has 0 atom stereocenters. The fourth-order valence-corrected chi connectivity index (χ4v) is 3.67. The first-order valence-corrected chi connectivity index (χ1v) is 10.2. The molecule has 1 N–H and O–H groups in total. The molecule has 6 heteroatoms. The standard InChI is InChI=1S/C23H24FN5/c24-18-6-10-20(11-7-18)28-12-14-29(15-13-28)22-16-21(17-4-2-1-3-5-17)26-23(27-22)25-19-8-9-19/h1-7,10-11,16,19H,8-9,12-15H2,(H,25,26,27). The Morgan fingerprint density at radius 2 is 1.52 bits per heavy atom. The molecule has 0 radical (unpaired) electrons. The summed E-state index contributed by atoms with van der Waals surface area (Å²) in [6.45, 7) is 3.49. The van der Waals surface area contributed by atoms with Gasteiger partial charge in [-0.1, -0.05) is 30.3 Å². The summed E-state index contributed by atoms with van der Waals surface area (Å²) in [6, 6.07) is 19.6. The van der Waals surface area contributed by atoms with Crippen molar-refractivity contribution in [2.45, 2.75) is 18.9 Å². The quantitative estimate of drug-likeness (QED) is 0.709. The fourth-order valence-electron chi connectivity index (χ4n) is 3.67. The van der Waals surface area contributed by atoms with Gasteiger partial charge in [0.05, 0.1) is 5.69 Å². The van der Waals surface area contributed by atoms with E-state index in [2.05, 4.69) is 33.3 Å². The summed E-state index contributed by atoms with van der Waals surface area (Å²) in [5.74, 6) is 1.48. The van der Waals surface area contributed by atoms with E-state index in [4.69, 9.17) is 9.97 Å². The lowest BCUT2D eigenvalue weighted by molar-refractivity contribution is 0.624. The van der Waals surface area contributed by atoms with Gasteiger partial charge in [-0.15, -0.1) is 0 Å². The van der Waals surface area contributed by atoms with Gasteiger partial charge >= 0.3 is 0 Å². The minimum absolute atomic E-state index is 0.197. The van der Waals surface area contributed by atoms with Gasteiger partial charge in [0.1, 0.15) is 11.6 Å². The van der Waals surface area contributed by atoms with Gasteiger partial charge in [-0.25, -0.2) is 9.37 Å². The van der Waals surface area contributed by atoms with Crippen LogP contribution < -0.4 is 15.1 Å². The maximum absolute atomic E-state index is 13.2. The molecule has 0 bridgehead atoms. The van der Waals surface area contributed by atoms with E-state index in [1.165, 1.54) is 25.0 Å². The largest absolute Gasteiger partial charge is 0.368 e. The van der Waals surface area contributed by atoms with Crippen molar-refractivity contribution in [1.82, 2.24) is 9.97 Å². The monoisotopic (exact) mass is 389 g/mol. The Morgan fingerprint density at radius 3 is 2.21 bits per heavy atom. The highest BCUT2D eigenvalue weighted by Crippen LogP contribution is 2.28. The summed E-state index contributed by atoms with van der Waals surface area (Å²) in [4.78, 5) is 14.2. The topological polar surface area (TPSA) is 44.3 Å². The minimum Gasteiger partial charge on any atom is -0.368 e. The third-order valence-corrected chi connectivity index (χ3v) is 5.49. The molecule has 0 amide bonds. The molecular formula is C23H24FN5. The predicted molar refractivity (Wildman–Crippen MR) is 115 cm³/mol. The molecule has 2 aromatic carbocycles. The molecule has 2 heterocycles. The van der Waals surface area contributed by atoms with E-state index in [0.29, 0.717) is 12.0 Å². The highest BCUT2D eigenvalue weighted by molar-refractivity contribution is 5.65. The van der Waals surface area contributed by atoms with Gasteiger partial charge in [0.25, 0.3) is 0 Å². The highest BCUT2D eigenvalue weighted by Gasteiger charge is 2.24. The molecule has 148 valence electrons. The number of anilines is 3. The summed E-state index contributed by atoms with van der Waals surface area (Å²) in [5, 5.41) is 3.45. The van der Waals surface area contributed by atoms with E-state index in [9.17, 15) is 4.39 Å². The molecule has 5 nitrogen and oxygen atoms in total. The van der Waals surface area contributed by atoms with Crippen molar-refractivity contribution in [3.63, 3.8) is 0 Å². The normalized spacial score (nSPS) is 16.7. The molecule has 3 aromatic rings. The van der Waals surface area contributed by atoms with Crippen molar-refractivity contribution in [2.75, 3.05) is 41.3 Å². The summed E-state index contributed by atoms with van der Waals surface area (Å²) in [6.07, 6.45) is 2.37. The van der Waals surface area contributed by atoms with Crippen LogP contribution >= 0.6 is 0 Å². The summed E-state index contributed by atoms with van der Waals surface area (Å²) in [5.41, 5.74) is 3.11. The molecule has 0 unspecified atom stereocenters. The van der Waals surface area contributed by atoms with Crippen LogP contribution in [-0.2, 0) is 0 Å². The number of rotatable bonds is 5. The lowest BCUT2D eigenvalue weighted by Crippen LogP contribution is -2.46. The van der Waals surface area contributed by atoms with Crippen LogP contribution in [0.4, 0.5) is 21.8 Å². The van der Waals surface area contributed by atoms with E-state index >= 15 is 0 Å². The van der Waals surface area contributed by atoms with Crippen molar-refractivity contribution in [2.24, 2.45) is 0 Å². The maximum Gasteiger partial charge on any atom is 0.225 e. The van der Waals surface area contributed by atoms with Crippen LogP contribution in [0.25, 0.3) is 11.3 Å². The number of nitrogens with zero attached hydrogens (tertiary/aromatic N) is 4. The van der Waals surface area contributed by atoms with Crippen LogP contribution in [0, 0.1) is 5.82 Å². The van der Waals surface area contributed by atoms with Crippen LogP contribution in [0.5, 0.6) is 0 Å². The van der Waals surface area contributed by atoms with Crippen molar-refractivity contribution >= 4 is 17.5 Å². The summed E-state index contributed by atoms with van der Waals surface area (Å²) < 4.78 is 13.2. The number of nitrogens with one attached hydrogen (secondary N) is 1. The van der Waals surface area contributed by atoms with Crippen LogP contribution in [0.3, 0.4) is 0 Å². The van der Waals surface area contributed by atoms with Crippen LogP contribution in [0.2, 0.25) is 0 Å². The van der Waals surface area contributed by atoms with E-state index in [1.54, 1.807) is 0 Å². The number of benzene rings is 2. The Morgan fingerprint density at radius 1 is 0.828 bits per heavy atom.